The fraction of sp³-hybridized carbons (Fsp3) is 0.0741. The average Bonchev–Trinajstić information content (AvgIpc) is 2.82. The number of hydrogen-bond donors (Lipinski definition) is 0. The Bertz CT molecular complexity index is 1200. The van der Waals surface area contributed by atoms with Gasteiger partial charge in [0, 0.05) is 0 Å². The molecule has 156 valence electrons. The maximum Gasteiger partial charge on any atom is 0.179 e. The van der Waals surface area contributed by atoms with Crippen LogP contribution < -0.4 is 15.9 Å². The number of rotatable bonds is 6. The third-order valence-corrected chi connectivity index (χ3v) is 13.0. The second kappa shape index (κ2) is 9.09. The minimum Gasteiger partial charge on any atom is -0.224 e. The van der Waals surface area contributed by atoms with Gasteiger partial charge in [-0.25, -0.2) is 8.42 Å². The van der Waals surface area contributed by atoms with Crippen molar-refractivity contribution in [3.8, 4) is 0 Å². The van der Waals surface area contributed by atoms with E-state index in [2.05, 4.69) is 36.4 Å². The first kappa shape index (κ1) is 21.4. The molecule has 0 unspecified atom stereocenters. The Kier molecular flexibility index (Phi) is 6.27. The Balaban J connectivity index is 2.11. The van der Waals surface area contributed by atoms with Gasteiger partial charge < -0.3 is 0 Å². The summed E-state index contributed by atoms with van der Waals surface area (Å²) >= 11 is 0. The van der Waals surface area contributed by atoms with Crippen molar-refractivity contribution in [1.29, 1.82) is 0 Å². The van der Waals surface area contributed by atoms with E-state index in [1.807, 2.05) is 91.9 Å². The van der Waals surface area contributed by atoms with Crippen LogP contribution in [0.2, 0.25) is 0 Å². The summed E-state index contributed by atoms with van der Waals surface area (Å²) in [6, 6.07) is 39.7. The van der Waals surface area contributed by atoms with Gasteiger partial charge in [0.2, 0.25) is 0 Å². The van der Waals surface area contributed by atoms with Crippen LogP contribution in [-0.2, 0) is 15.6 Å². The maximum atomic E-state index is 13.9. The maximum absolute atomic E-state index is 13.9. The Labute approximate surface area is 185 Å². The second-order valence-corrected chi connectivity index (χ2v) is 13.4. The van der Waals surface area contributed by atoms with Gasteiger partial charge in [0.1, 0.15) is 0 Å². The predicted molar refractivity (Wildman–Crippen MR) is 135 cm³/mol. The summed E-state index contributed by atoms with van der Waals surface area (Å²) in [4.78, 5) is 0. The lowest BCUT2D eigenvalue weighted by Crippen LogP contribution is -2.32. The molecule has 0 N–H and O–H groups in total. The topological polar surface area (TPSA) is 34.1 Å². The fourth-order valence-electron chi connectivity index (χ4n) is 4.05. The van der Waals surface area contributed by atoms with E-state index < -0.39 is 16.7 Å². The average molecular weight is 445 g/mol. The van der Waals surface area contributed by atoms with E-state index in [1.54, 1.807) is 0 Å². The first-order valence-corrected chi connectivity index (χ1v) is 13.7. The highest BCUT2D eigenvalue weighted by Gasteiger charge is 2.33. The summed E-state index contributed by atoms with van der Waals surface area (Å²) in [5.41, 5.74) is 0.800. The quantitative estimate of drug-likeness (QED) is 0.403. The van der Waals surface area contributed by atoms with E-state index in [0.29, 0.717) is 4.63 Å². The summed E-state index contributed by atoms with van der Waals surface area (Å²) in [7, 11) is -3.55. The molecule has 4 aromatic carbocycles. The van der Waals surface area contributed by atoms with Crippen LogP contribution in [0.1, 0.15) is 12.5 Å². The van der Waals surface area contributed by atoms with Gasteiger partial charge >= 0.3 is 0 Å². The third-order valence-electron chi connectivity index (χ3n) is 5.55. The van der Waals surface area contributed by atoms with Crippen LogP contribution in [0.25, 0.3) is 0 Å². The Hall–Kier alpha value is -2.87. The van der Waals surface area contributed by atoms with E-state index in [9.17, 15) is 8.42 Å². The van der Waals surface area contributed by atoms with Crippen LogP contribution in [-0.4, -0.2) is 13.0 Å². The minimum absolute atomic E-state index is 0.00603. The van der Waals surface area contributed by atoms with Crippen molar-refractivity contribution in [3.05, 3.63) is 127 Å². The van der Waals surface area contributed by atoms with Gasteiger partial charge in [-0.2, -0.15) is 0 Å². The molecule has 0 saturated heterocycles. The second-order valence-electron chi connectivity index (χ2n) is 7.44. The molecular weight excluding hydrogens is 419 g/mol. The lowest BCUT2D eigenvalue weighted by molar-refractivity contribution is 0.607. The van der Waals surface area contributed by atoms with Crippen molar-refractivity contribution in [2.45, 2.75) is 12.7 Å². The van der Waals surface area contributed by atoms with Crippen molar-refractivity contribution in [3.63, 3.8) is 0 Å². The smallest absolute Gasteiger partial charge is 0.179 e. The normalized spacial score (nSPS) is 11.8. The molecule has 0 saturated carbocycles. The molecule has 0 aromatic heterocycles. The standard InChI is InChI=1S/C27H25O2PS/c1-23(31(28,29)22-24-14-6-2-7-15-24)30(25-16-8-3-9-17-25,26-18-10-4-11-19-26)27-20-12-5-13-21-27/h2-21H,22H2,1H3. The number of hydrogen-bond acceptors (Lipinski definition) is 2. The molecule has 4 heteroatoms. The Morgan fingerprint density at radius 1 is 0.581 bits per heavy atom. The zero-order chi connectivity index (χ0) is 21.7. The van der Waals surface area contributed by atoms with Crippen LogP contribution in [0.3, 0.4) is 0 Å². The van der Waals surface area contributed by atoms with Crippen LogP contribution in [0.15, 0.2) is 121 Å². The van der Waals surface area contributed by atoms with Crippen molar-refractivity contribution < 1.29 is 8.42 Å². The molecule has 0 amide bonds. The molecule has 0 spiro atoms. The van der Waals surface area contributed by atoms with Gasteiger partial charge in [-0.15, -0.1) is 0 Å². The van der Waals surface area contributed by atoms with Gasteiger partial charge in [-0.05, 0) is 35.3 Å². The first-order chi connectivity index (χ1) is 15.0. The van der Waals surface area contributed by atoms with Gasteiger partial charge in [0.05, 0.1) is 10.4 Å². The number of benzene rings is 4. The first-order valence-electron chi connectivity index (χ1n) is 10.2. The molecule has 0 aliphatic heterocycles. The molecule has 0 heterocycles. The SMILES string of the molecule is CC(=P(c1ccccc1)(c1ccccc1)c1ccccc1)S(=O)(=O)Cc1ccccc1. The van der Waals surface area contributed by atoms with E-state index >= 15 is 0 Å². The van der Waals surface area contributed by atoms with E-state index in [-0.39, 0.29) is 5.75 Å². The van der Waals surface area contributed by atoms with Crippen LogP contribution in [0.4, 0.5) is 0 Å². The molecule has 0 radical (unpaired) electrons. The lowest BCUT2D eigenvalue weighted by Gasteiger charge is -2.31. The summed E-state index contributed by atoms with van der Waals surface area (Å²) in [6.45, 7) is -0.756. The van der Waals surface area contributed by atoms with Crippen LogP contribution >= 0.6 is 6.89 Å². The van der Waals surface area contributed by atoms with Gasteiger partial charge in [-0.3, -0.25) is 0 Å². The van der Waals surface area contributed by atoms with Crippen LogP contribution in [0, 0.1) is 0 Å². The summed E-state index contributed by atoms with van der Waals surface area (Å²) < 4.78 is 28.2. The highest BCUT2D eigenvalue weighted by molar-refractivity contribution is 8.19. The van der Waals surface area contributed by atoms with Gasteiger partial charge in [-0.1, -0.05) is 121 Å². The van der Waals surface area contributed by atoms with Crippen molar-refractivity contribution in [2.24, 2.45) is 0 Å². The van der Waals surface area contributed by atoms with Crippen LogP contribution in [0.5, 0.6) is 0 Å². The summed E-state index contributed by atoms with van der Waals surface area (Å²) in [6.07, 6.45) is 0. The van der Waals surface area contributed by atoms with Gasteiger partial charge in [0.15, 0.2) is 9.84 Å². The van der Waals surface area contributed by atoms with E-state index in [0.717, 1.165) is 21.5 Å². The number of sulfone groups is 1. The molecule has 0 fully saturated rings. The molecule has 0 aliphatic carbocycles. The molecular formula is C27H25O2PS. The summed E-state index contributed by atoms with van der Waals surface area (Å²) in [5, 5.41) is 3.13. The molecule has 31 heavy (non-hydrogen) atoms. The highest BCUT2D eigenvalue weighted by Crippen LogP contribution is 2.47. The molecule has 4 aromatic rings. The zero-order valence-corrected chi connectivity index (χ0v) is 19.1. The van der Waals surface area contributed by atoms with Crippen molar-refractivity contribution in [1.82, 2.24) is 0 Å². The van der Waals surface area contributed by atoms with E-state index in [1.165, 1.54) is 0 Å². The Morgan fingerprint density at radius 3 is 1.26 bits per heavy atom. The Morgan fingerprint density at radius 2 is 0.903 bits per heavy atom. The highest BCUT2D eigenvalue weighted by atomic mass is 32.2. The summed E-state index contributed by atoms with van der Waals surface area (Å²) in [5.74, 6) is -0.00603. The predicted octanol–water partition coefficient (Wildman–Crippen LogP) is 4.75. The minimum atomic E-state index is -3.55. The molecule has 0 aliphatic rings. The molecule has 0 atom stereocenters. The van der Waals surface area contributed by atoms with E-state index in [4.69, 9.17) is 0 Å². The van der Waals surface area contributed by atoms with Crippen molar-refractivity contribution >= 4 is 37.3 Å². The largest absolute Gasteiger partial charge is 0.224 e. The molecule has 4 rings (SSSR count). The molecule has 2 nitrogen and oxygen atoms in total. The third kappa shape index (κ3) is 4.17. The fourth-order valence-corrected chi connectivity index (χ4v) is 11.5. The zero-order valence-electron chi connectivity index (χ0n) is 17.4. The van der Waals surface area contributed by atoms with Crippen molar-refractivity contribution in [2.75, 3.05) is 0 Å². The monoisotopic (exact) mass is 444 g/mol. The molecule has 0 bridgehead atoms. The van der Waals surface area contributed by atoms with Gasteiger partial charge in [0.25, 0.3) is 0 Å². The lowest BCUT2D eigenvalue weighted by atomic mass is 10.2.